The molecule has 1 heterocycles. The fraction of sp³-hybridized carbons (Fsp3) is 0.292. The quantitative estimate of drug-likeness (QED) is 0.549. The number of ether oxygens (including phenoxy) is 2. The Labute approximate surface area is 161 Å². The Morgan fingerprint density at radius 2 is 1.59 bits per heavy atom. The summed E-state index contributed by atoms with van der Waals surface area (Å²) in [4.78, 5) is 4.91. The first kappa shape index (κ1) is 17.6. The summed E-state index contributed by atoms with van der Waals surface area (Å²) in [7, 11) is 0. The summed E-state index contributed by atoms with van der Waals surface area (Å²) in [6.07, 6.45) is 4.54. The van der Waals surface area contributed by atoms with Gasteiger partial charge in [0.05, 0.1) is 6.61 Å². The molecule has 0 unspecified atom stereocenters. The van der Waals surface area contributed by atoms with Crippen LogP contribution in [0.2, 0.25) is 0 Å². The summed E-state index contributed by atoms with van der Waals surface area (Å²) in [5.41, 5.74) is 5.79. The lowest BCUT2D eigenvalue weighted by molar-refractivity contribution is 0.335. The van der Waals surface area contributed by atoms with E-state index in [1.54, 1.807) is 0 Å². The predicted octanol–water partition coefficient (Wildman–Crippen LogP) is 6.13. The Morgan fingerprint density at radius 3 is 2.33 bits per heavy atom. The highest BCUT2D eigenvalue weighted by Crippen LogP contribution is 2.40. The van der Waals surface area contributed by atoms with Crippen molar-refractivity contribution in [3.63, 3.8) is 0 Å². The lowest BCUT2D eigenvalue weighted by atomic mass is 9.91. The number of para-hydroxylation sites is 1. The van der Waals surface area contributed by atoms with E-state index in [9.17, 15) is 0 Å². The number of aromatic nitrogens is 1. The topological polar surface area (TPSA) is 31.4 Å². The van der Waals surface area contributed by atoms with E-state index >= 15 is 0 Å². The summed E-state index contributed by atoms with van der Waals surface area (Å²) in [6.45, 7) is 4.80. The summed E-state index contributed by atoms with van der Waals surface area (Å²) in [6, 6.07) is 18.1. The molecular formula is C24H25NO2. The molecule has 1 aliphatic carbocycles. The van der Waals surface area contributed by atoms with E-state index < -0.39 is 0 Å². The third-order valence-electron chi connectivity index (χ3n) is 5.01. The largest absolute Gasteiger partial charge is 0.493 e. The molecule has 2 aromatic carbocycles. The second-order valence-corrected chi connectivity index (χ2v) is 6.91. The van der Waals surface area contributed by atoms with Crippen molar-refractivity contribution in [1.82, 2.24) is 4.98 Å². The van der Waals surface area contributed by atoms with Gasteiger partial charge in [-0.15, -0.1) is 0 Å². The van der Waals surface area contributed by atoms with Crippen molar-refractivity contribution >= 4 is 0 Å². The molecule has 0 spiro atoms. The van der Waals surface area contributed by atoms with Gasteiger partial charge < -0.3 is 9.47 Å². The highest BCUT2D eigenvalue weighted by molar-refractivity contribution is 5.75. The Balaban J connectivity index is 1.70. The number of aryl methyl sites for hydroxylation is 2. The molecule has 3 aromatic rings. The first-order valence-corrected chi connectivity index (χ1v) is 9.74. The molecule has 0 N–H and O–H groups in total. The number of fused-ring (bicyclic) bond motifs is 1. The van der Waals surface area contributed by atoms with Crippen LogP contribution in [0.1, 0.15) is 36.7 Å². The number of hydrogen-bond donors (Lipinski definition) is 0. The molecule has 4 rings (SSSR count). The second kappa shape index (κ2) is 7.83. The van der Waals surface area contributed by atoms with Gasteiger partial charge in [0, 0.05) is 22.5 Å². The van der Waals surface area contributed by atoms with E-state index in [1.165, 1.54) is 24.1 Å². The molecule has 0 saturated carbocycles. The molecule has 0 aliphatic heterocycles. The maximum Gasteiger partial charge on any atom is 0.133 e. The van der Waals surface area contributed by atoms with Gasteiger partial charge in [-0.25, -0.2) is 0 Å². The van der Waals surface area contributed by atoms with Gasteiger partial charge in [-0.2, -0.15) is 0 Å². The van der Waals surface area contributed by atoms with Crippen LogP contribution in [0, 0.1) is 6.92 Å². The minimum Gasteiger partial charge on any atom is -0.493 e. The summed E-state index contributed by atoms with van der Waals surface area (Å²) in [5, 5.41) is 0. The summed E-state index contributed by atoms with van der Waals surface area (Å²) in [5.74, 6) is 2.69. The van der Waals surface area contributed by atoms with Gasteiger partial charge >= 0.3 is 0 Å². The zero-order valence-corrected chi connectivity index (χ0v) is 16.0. The van der Waals surface area contributed by atoms with Crippen molar-refractivity contribution in [2.24, 2.45) is 0 Å². The van der Waals surface area contributed by atoms with Crippen LogP contribution in [0.5, 0.6) is 17.2 Å². The average molecular weight is 359 g/mol. The SMILES string of the molecule is CCOc1c2c(nc(C)c1-c1ccc(Oc3ccccc3)cc1)CCCC2. The minimum atomic E-state index is 0.665. The Hall–Kier alpha value is -2.81. The van der Waals surface area contributed by atoms with Crippen LogP contribution in [-0.2, 0) is 12.8 Å². The predicted molar refractivity (Wildman–Crippen MR) is 109 cm³/mol. The van der Waals surface area contributed by atoms with Crippen molar-refractivity contribution in [2.75, 3.05) is 6.61 Å². The molecule has 0 atom stereocenters. The van der Waals surface area contributed by atoms with E-state index in [1.807, 2.05) is 49.4 Å². The zero-order chi connectivity index (χ0) is 18.6. The highest BCUT2D eigenvalue weighted by Gasteiger charge is 2.22. The lowest BCUT2D eigenvalue weighted by Gasteiger charge is -2.23. The van der Waals surface area contributed by atoms with Gasteiger partial charge in [-0.3, -0.25) is 4.98 Å². The van der Waals surface area contributed by atoms with Gasteiger partial charge in [0.25, 0.3) is 0 Å². The average Bonchev–Trinajstić information content (AvgIpc) is 2.70. The van der Waals surface area contributed by atoms with E-state index in [4.69, 9.17) is 14.5 Å². The Morgan fingerprint density at radius 1 is 0.889 bits per heavy atom. The molecule has 0 radical (unpaired) electrons. The number of benzene rings is 2. The van der Waals surface area contributed by atoms with Crippen LogP contribution in [0.3, 0.4) is 0 Å². The standard InChI is InChI=1S/C24H25NO2/c1-3-26-24-21-11-7-8-12-22(21)25-17(2)23(24)18-13-15-20(16-14-18)27-19-9-5-4-6-10-19/h4-6,9-10,13-16H,3,7-8,11-12H2,1-2H3. The fourth-order valence-corrected chi connectivity index (χ4v) is 3.79. The maximum atomic E-state index is 6.13. The van der Waals surface area contributed by atoms with Crippen LogP contribution in [0.4, 0.5) is 0 Å². The van der Waals surface area contributed by atoms with Gasteiger partial charge in [-0.1, -0.05) is 30.3 Å². The molecule has 138 valence electrons. The van der Waals surface area contributed by atoms with Gasteiger partial charge in [0.2, 0.25) is 0 Å². The monoisotopic (exact) mass is 359 g/mol. The number of rotatable bonds is 5. The molecule has 0 saturated heterocycles. The fourth-order valence-electron chi connectivity index (χ4n) is 3.79. The van der Waals surface area contributed by atoms with Crippen LogP contribution >= 0.6 is 0 Å². The van der Waals surface area contributed by atoms with Crippen LogP contribution in [0.15, 0.2) is 54.6 Å². The number of nitrogens with zero attached hydrogens (tertiary/aromatic N) is 1. The molecule has 0 bridgehead atoms. The van der Waals surface area contributed by atoms with Crippen molar-refractivity contribution < 1.29 is 9.47 Å². The third-order valence-corrected chi connectivity index (χ3v) is 5.01. The molecule has 27 heavy (non-hydrogen) atoms. The number of pyridine rings is 1. The smallest absolute Gasteiger partial charge is 0.133 e. The first-order valence-electron chi connectivity index (χ1n) is 9.74. The van der Waals surface area contributed by atoms with Crippen LogP contribution in [-0.4, -0.2) is 11.6 Å². The van der Waals surface area contributed by atoms with Crippen molar-refractivity contribution in [2.45, 2.75) is 39.5 Å². The van der Waals surface area contributed by atoms with Crippen LogP contribution < -0.4 is 9.47 Å². The Bertz CT molecular complexity index is 917. The van der Waals surface area contributed by atoms with Gasteiger partial charge in [-0.05, 0) is 69.4 Å². The molecule has 1 aromatic heterocycles. The third kappa shape index (κ3) is 3.68. The number of hydrogen-bond acceptors (Lipinski definition) is 3. The molecule has 0 amide bonds. The van der Waals surface area contributed by atoms with Crippen molar-refractivity contribution in [1.29, 1.82) is 0 Å². The maximum absolute atomic E-state index is 6.13. The molecule has 0 fully saturated rings. The molecule has 1 aliphatic rings. The lowest BCUT2D eigenvalue weighted by Crippen LogP contribution is -2.11. The molecular weight excluding hydrogens is 334 g/mol. The second-order valence-electron chi connectivity index (χ2n) is 6.91. The van der Waals surface area contributed by atoms with E-state index in [2.05, 4.69) is 19.1 Å². The molecule has 3 heteroatoms. The zero-order valence-electron chi connectivity index (χ0n) is 16.0. The first-order chi connectivity index (χ1) is 13.3. The van der Waals surface area contributed by atoms with E-state index in [-0.39, 0.29) is 0 Å². The van der Waals surface area contributed by atoms with Gasteiger partial charge in [0.1, 0.15) is 17.2 Å². The van der Waals surface area contributed by atoms with Crippen molar-refractivity contribution in [3.05, 3.63) is 71.5 Å². The summed E-state index contributed by atoms with van der Waals surface area (Å²) < 4.78 is 12.0. The normalized spacial score (nSPS) is 13.1. The van der Waals surface area contributed by atoms with Crippen LogP contribution in [0.25, 0.3) is 11.1 Å². The van der Waals surface area contributed by atoms with Crippen molar-refractivity contribution in [3.8, 4) is 28.4 Å². The Kier molecular flexibility index (Phi) is 5.10. The minimum absolute atomic E-state index is 0.665. The molecule has 3 nitrogen and oxygen atoms in total. The van der Waals surface area contributed by atoms with E-state index in [0.717, 1.165) is 46.9 Å². The van der Waals surface area contributed by atoms with E-state index in [0.29, 0.717) is 6.61 Å². The highest BCUT2D eigenvalue weighted by atomic mass is 16.5. The summed E-state index contributed by atoms with van der Waals surface area (Å²) >= 11 is 0. The van der Waals surface area contributed by atoms with Gasteiger partial charge in [0.15, 0.2) is 0 Å².